The lowest BCUT2D eigenvalue weighted by Crippen LogP contribution is -2.37. The van der Waals surface area contributed by atoms with E-state index < -0.39 is 0 Å². The lowest BCUT2D eigenvalue weighted by molar-refractivity contribution is -0.122. The Balaban J connectivity index is 2.22. The van der Waals surface area contributed by atoms with E-state index in [1.807, 2.05) is 58.9 Å². The molecule has 0 aliphatic carbocycles. The van der Waals surface area contributed by atoms with Crippen molar-refractivity contribution in [3.63, 3.8) is 0 Å². The van der Waals surface area contributed by atoms with Gasteiger partial charge >= 0.3 is 0 Å². The topological polar surface area (TPSA) is 68.9 Å². The number of hydrogen-bond donors (Lipinski definition) is 1. The van der Waals surface area contributed by atoms with Crippen LogP contribution in [0.2, 0.25) is 0 Å². The van der Waals surface area contributed by atoms with Crippen molar-refractivity contribution in [2.75, 3.05) is 0 Å². The van der Waals surface area contributed by atoms with Crippen molar-refractivity contribution in [1.82, 2.24) is 19.7 Å². The summed E-state index contributed by atoms with van der Waals surface area (Å²) in [5.41, 5.74) is 4.31. The van der Waals surface area contributed by atoms with E-state index in [0.29, 0.717) is 5.65 Å². The Kier molecular flexibility index (Phi) is 5.68. The van der Waals surface area contributed by atoms with Crippen LogP contribution in [0.4, 0.5) is 0 Å². The van der Waals surface area contributed by atoms with Gasteiger partial charge in [0.2, 0.25) is 5.91 Å². The highest BCUT2D eigenvalue weighted by Gasteiger charge is 2.19. The Morgan fingerprint density at radius 2 is 1.86 bits per heavy atom. The first-order valence-electron chi connectivity index (χ1n) is 9.84. The Bertz CT molecular complexity index is 1060. The third-order valence-corrected chi connectivity index (χ3v) is 5.16. The van der Waals surface area contributed by atoms with Crippen LogP contribution in [-0.2, 0) is 17.8 Å². The minimum Gasteiger partial charge on any atom is -0.352 e. The van der Waals surface area contributed by atoms with Gasteiger partial charge in [-0.15, -0.1) is 0 Å². The predicted molar refractivity (Wildman–Crippen MR) is 112 cm³/mol. The van der Waals surface area contributed by atoms with Crippen LogP contribution >= 0.6 is 0 Å². The summed E-state index contributed by atoms with van der Waals surface area (Å²) in [6.45, 7) is 9.94. The largest absolute Gasteiger partial charge is 0.352 e. The van der Waals surface area contributed by atoms with Crippen molar-refractivity contribution in [2.45, 2.75) is 60.0 Å². The van der Waals surface area contributed by atoms with E-state index in [-0.39, 0.29) is 24.1 Å². The molecule has 1 unspecified atom stereocenters. The molecule has 1 aromatic carbocycles. The van der Waals surface area contributed by atoms with Crippen molar-refractivity contribution in [3.05, 3.63) is 57.5 Å². The lowest BCUT2D eigenvalue weighted by Gasteiger charge is -2.15. The second-order valence-electron chi connectivity index (χ2n) is 7.36. The highest BCUT2D eigenvalue weighted by atomic mass is 16.2. The normalized spacial score (nSPS) is 12.3. The van der Waals surface area contributed by atoms with Crippen LogP contribution < -0.4 is 10.9 Å². The minimum absolute atomic E-state index is 0.0271. The summed E-state index contributed by atoms with van der Waals surface area (Å²) in [4.78, 5) is 25.4. The summed E-state index contributed by atoms with van der Waals surface area (Å²) >= 11 is 0. The van der Waals surface area contributed by atoms with Crippen LogP contribution in [0.1, 0.15) is 44.0 Å². The molecule has 1 atom stereocenters. The maximum atomic E-state index is 12.9. The average Bonchev–Trinajstić information content (AvgIpc) is 3.01. The zero-order valence-corrected chi connectivity index (χ0v) is 17.2. The molecular formula is C22H28N4O2. The maximum absolute atomic E-state index is 12.9. The van der Waals surface area contributed by atoms with E-state index in [0.717, 1.165) is 40.7 Å². The van der Waals surface area contributed by atoms with Gasteiger partial charge in [-0.2, -0.15) is 5.10 Å². The summed E-state index contributed by atoms with van der Waals surface area (Å²) in [6.07, 6.45) is 1.57. The van der Waals surface area contributed by atoms with Gasteiger partial charge in [-0.05, 0) is 51.3 Å². The molecule has 0 bridgehead atoms. The number of amides is 1. The summed E-state index contributed by atoms with van der Waals surface area (Å²) < 4.78 is 3.31. The van der Waals surface area contributed by atoms with Gasteiger partial charge < -0.3 is 5.32 Å². The first-order valence-corrected chi connectivity index (χ1v) is 9.84. The zero-order valence-electron chi connectivity index (χ0n) is 17.2. The fourth-order valence-electron chi connectivity index (χ4n) is 3.41. The molecule has 1 amide bonds. The van der Waals surface area contributed by atoms with Gasteiger partial charge in [0.05, 0.1) is 11.4 Å². The SMILES string of the molecule is CCc1cc(=O)n(CC(=O)NC(C)CC)c2c1c(C)nn2-c1ccc(C)cc1. The van der Waals surface area contributed by atoms with E-state index in [4.69, 9.17) is 5.10 Å². The number of carbonyl (C=O) groups excluding carboxylic acids is 1. The number of nitrogens with one attached hydrogen (secondary N) is 1. The molecule has 1 N–H and O–H groups in total. The highest BCUT2D eigenvalue weighted by molar-refractivity contribution is 5.86. The third-order valence-electron chi connectivity index (χ3n) is 5.16. The molecular weight excluding hydrogens is 352 g/mol. The summed E-state index contributed by atoms with van der Waals surface area (Å²) in [6, 6.07) is 9.69. The molecule has 0 aliphatic heterocycles. The fourth-order valence-corrected chi connectivity index (χ4v) is 3.41. The molecule has 6 heteroatoms. The molecule has 3 rings (SSSR count). The van der Waals surface area contributed by atoms with Gasteiger partial charge in [-0.1, -0.05) is 31.5 Å². The van der Waals surface area contributed by atoms with Crippen molar-refractivity contribution >= 4 is 16.9 Å². The molecule has 0 saturated heterocycles. The third kappa shape index (κ3) is 3.72. The van der Waals surface area contributed by atoms with Gasteiger partial charge in [0.1, 0.15) is 12.2 Å². The maximum Gasteiger partial charge on any atom is 0.252 e. The van der Waals surface area contributed by atoms with Crippen LogP contribution in [0.5, 0.6) is 0 Å². The molecule has 6 nitrogen and oxygen atoms in total. The van der Waals surface area contributed by atoms with Crippen LogP contribution in [0.3, 0.4) is 0 Å². The Hall–Kier alpha value is -2.89. The van der Waals surface area contributed by atoms with E-state index in [9.17, 15) is 9.59 Å². The standard InChI is InChI=1S/C22H28N4O2/c1-6-15(4)23-19(27)13-25-20(28)12-17(7-2)21-16(5)24-26(22(21)25)18-10-8-14(3)9-11-18/h8-12,15H,6-7,13H2,1-5H3,(H,23,27). The van der Waals surface area contributed by atoms with Gasteiger partial charge in [-0.3, -0.25) is 14.2 Å². The molecule has 28 heavy (non-hydrogen) atoms. The number of pyridine rings is 1. The lowest BCUT2D eigenvalue weighted by atomic mass is 10.1. The van der Waals surface area contributed by atoms with E-state index in [1.165, 1.54) is 4.57 Å². The van der Waals surface area contributed by atoms with E-state index >= 15 is 0 Å². The number of aromatic nitrogens is 3. The van der Waals surface area contributed by atoms with Crippen molar-refractivity contribution in [3.8, 4) is 5.69 Å². The molecule has 0 aliphatic rings. The fraction of sp³-hybridized carbons (Fsp3) is 0.409. The molecule has 2 aromatic heterocycles. The summed E-state index contributed by atoms with van der Waals surface area (Å²) in [5.74, 6) is -0.170. The van der Waals surface area contributed by atoms with Crippen LogP contribution in [-0.4, -0.2) is 26.3 Å². The number of carbonyl (C=O) groups is 1. The molecule has 148 valence electrons. The molecule has 2 heterocycles. The van der Waals surface area contributed by atoms with Gasteiger partial charge in [-0.25, -0.2) is 4.68 Å². The monoisotopic (exact) mass is 380 g/mol. The number of hydrogen-bond acceptors (Lipinski definition) is 3. The molecule has 0 radical (unpaired) electrons. The van der Waals surface area contributed by atoms with Gasteiger partial charge in [0.25, 0.3) is 5.56 Å². The summed E-state index contributed by atoms with van der Waals surface area (Å²) in [7, 11) is 0. The predicted octanol–water partition coefficient (Wildman–Crippen LogP) is 3.28. The zero-order chi connectivity index (χ0) is 20.4. The van der Waals surface area contributed by atoms with Crippen LogP contribution in [0, 0.1) is 13.8 Å². The molecule has 0 spiro atoms. The molecule has 0 saturated carbocycles. The van der Waals surface area contributed by atoms with Crippen molar-refractivity contribution in [2.24, 2.45) is 0 Å². The Morgan fingerprint density at radius 3 is 2.46 bits per heavy atom. The van der Waals surface area contributed by atoms with Crippen molar-refractivity contribution < 1.29 is 4.79 Å². The number of benzene rings is 1. The van der Waals surface area contributed by atoms with E-state index in [1.54, 1.807) is 10.7 Å². The average molecular weight is 380 g/mol. The van der Waals surface area contributed by atoms with Gasteiger partial charge in [0.15, 0.2) is 0 Å². The van der Waals surface area contributed by atoms with Crippen LogP contribution in [0.25, 0.3) is 16.7 Å². The van der Waals surface area contributed by atoms with Crippen LogP contribution in [0.15, 0.2) is 35.1 Å². The first kappa shape index (κ1) is 19.9. The summed E-state index contributed by atoms with van der Waals surface area (Å²) in [5, 5.41) is 8.60. The smallest absolute Gasteiger partial charge is 0.252 e. The van der Waals surface area contributed by atoms with Gasteiger partial charge in [0, 0.05) is 17.5 Å². The number of rotatable bonds is 6. The second-order valence-corrected chi connectivity index (χ2v) is 7.36. The number of aryl methyl sites for hydroxylation is 3. The molecule has 3 aromatic rings. The number of fused-ring (bicyclic) bond motifs is 1. The van der Waals surface area contributed by atoms with Crippen molar-refractivity contribution in [1.29, 1.82) is 0 Å². The highest BCUT2D eigenvalue weighted by Crippen LogP contribution is 2.24. The quantitative estimate of drug-likeness (QED) is 0.713. The Labute approximate surface area is 165 Å². The first-order chi connectivity index (χ1) is 13.3. The Morgan fingerprint density at radius 1 is 1.18 bits per heavy atom. The second kappa shape index (κ2) is 8.00. The number of nitrogens with zero attached hydrogens (tertiary/aromatic N) is 3. The van der Waals surface area contributed by atoms with E-state index in [2.05, 4.69) is 5.32 Å². The molecule has 0 fully saturated rings. The minimum atomic E-state index is -0.183.